The van der Waals surface area contributed by atoms with Crippen LogP contribution in [0.5, 0.6) is 0 Å². The Labute approximate surface area is 126 Å². The lowest BCUT2D eigenvalue weighted by molar-refractivity contribution is -0.115. The number of amides is 1. The molecule has 0 aliphatic heterocycles. The van der Waals surface area contributed by atoms with E-state index in [1.54, 1.807) is 36.4 Å². The highest BCUT2D eigenvalue weighted by atomic mass is 32.2. The van der Waals surface area contributed by atoms with Gasteiger partial charge < -0.3 is 5.32 Å². The van der Waals surface area contributed by atoms with Crippen molar-refractivity contribution in [2.24, 2.45) is 0 Å². The molecule has 0 saturated carbocycles. The summed E-state index contributed by atoms with van der Waals surface area (Å²) in [5, 5.41) is 11.7. The van der Waals surface area contributed by atoms with Gasteiger partial charge in [0.05, 0.1) is 11.3 Å². The smallest absolute Gasteiger partial charge is 0.225 e. The lowest BCUT2D eigenvalue weighted by Gasteiger charge is -2.06. The predicted octanol–water partition coefficient (Wildman–Crippen LogP) is 3.82. The first-order valence-corrected chi connectivity index (χ1v) is 7.35. The minimum atomic E-state index is -0.285. The van der Waals surface area contributed by atoms with Crippen molar-refractivity contribution in [2.45, 2.75) is 11.3 Å². The Hall–Kier alpha value is -2.32. The first-order valence-electron chi connectivity index (χ1n) is 6.36. The Balaban J connectivity index is 1.84. The largest absolute Gasteiger partial charge is 0.325 e. The molecule has 0 unspecified atom stereocenters. The van der Waals surface area contributed by atoms with E-state index in [2.05, 4.69) is 5.32 Å². The SMILES string of the molecule is N#Cc1ccccc1NC(=O)CCSc1cccc(F)c1. The van der Waals surface area contributed by atoms with E-state index in [0.717, 1.165) is 4.90 Å². The summed E-state index contributed by atoms with van der Waals surface area (Å²) in [5.41, 5.74) is 0.949. The summed E-state index contributed by atoms with van der Waals surface area (Å²) in [6.45, 7) is 0. The minimum Gasteiger partial charge on any atom is -0.325 e. The van der Waals surface area contributed by atoms with Crippen LogP contribution in [0.1, 0.15) is 12.0 Å². The third kappa shape index (κ3) is 4.62. The van der Waals surface area contributed by atoms with Gasteiger partial charge in [0, 0.05) is 17.1 Å². The van der Waals surface area contributed by atoms with Crippen LogP contribution < -0.4 is 5.32 Å². The molecule has 0 fully saturated rings. The van der Waals surface area contributed by atoms with Crippen LogP contribution >= 0.6 is 11.8 Å². The number of nitrogens with zero attached hydrogens (tertiary/aromatic N) is 1. The number of hydrogen-bond donors (Lipinski definition) is 1. The van der Waals surface area contributed by atoms with Crippen LogP contribution in [-0.2, 0) is 4.79 Å². The second-order valence-corrected chi connectivity index (χ2v) is 5.43. The van der Waals surface area contributed by atoms with Crippen molar-refractivity contribution < 1.29 is 9.18 Å². The van der Waals surface area contributed by atoms with Crippen molar-refractivity contribution in [2.75, 3.05) is 11.1 Å². The number of hydrogen-bond acceptors (Lipinski definition) is 3. The highest BCUT2D eigenvalue weighted by Gasteiger charge is 2.06. The molecule has 0 aliphatic carbocycles. The zero-order valence-corrected chi connectivity index (χ0v) is 12.0. The number of para-hydroxylation sites is 1. The van der Waals surface area contributed by atoms with Gasteiger partial charge in [0.2, 0.25) is 5.91 Å². The summed E-state index contributed by atoms with van der Waals surface area (Å²) >= 11 is 1.42. The summed E-state index contributed by atoms with van der Waals surface area (Å²) < 4.78 is 13.0. The second-order valence-electron chi connectivity index (χ2n) is 4.26. The summed E-state index contributed by atoms with van der Waals surface area (Å²) in [6.07, 6.45) is 0.293. The highest BCUT2D eigenvalue weighted by molar-refractivity contribution is 7.99. The molecular weight excluding hydrogens is 287 g/mol. The molecule has 0 radical (unpaired) electrons. The fourth-order valence-electron chi connectivity index (χ4n) is 1.72. The van der Waals surface area contributed by atoms with Gasteiger partial charge in [0.25, 0.3) is 0 Å². The molecule has 0 spiro atoms. The van der Waals surface area contributed by atoms with Crippen molar-refractivity contribution in [1.29, 1.82) is 5.26 Å². The lowest BCUT2D eigenvalue weighted by atomic mass is 10.2. The molecule has 2 aromatic carbocycles. The van der Waals surface area contributed by atoms with Crippen LogP contribution in [0.15, 0.2) is 53.4 Å². The highest BCUT2D eigenvalue weighted by Crippen LogP contribution is 2.20. The van der Waals surface area contributed by atoms with E-state index in [9.17, 15) is 9.18 Å². The van der Waals surface area contributed by atoms with Crippen molar-refractivity contribution in [3.8, 4) is 6.07 Å². The molecule has 3 nitrogen and oxygen atoms in total. The molecule has 0 atom stereocenters. The molecule has 0 aromatic heterocycles. The molecule has 0 bridgehead atoms. The van der Waals surface area contributed by atoms with Crippen LogP contribution in [0, 0.1) is 17.1 Å². The number of anilines is 1. The predicted molar refractivity (Wildman–Crippen MR) is 81.5 cm³/mol. The summed E-state index contributed by atoms with van der Waals surface area (Å²) in [4.78, 5) is 12.6. The maximum atomic E-state index is 13.0. The van der Waals surface area contributed by atoms with Gasteiger partial charge in [0.1, 0.15) is 11.9 Å². The Kier molecular flexibility index (Phi) is 5.35. The Bertz CT molecular complexity index is 682. The zero-order valence-electron chi connectivity index (χ0n) is 11.2. The number of rotatable bonds is 5. The van der Waals surface area contributed by atoms with Crippen molar-refractivity contribution in [1.82, 2.24) is 0 Å². The molecule has 0 heterocycles. The fourth-order valence-corrected chi connectivity index (χ4v) is 2.61. The van der Waals surface area contributed by atoms with Gasteiger partial charge in [-0.05, 0) is 30.3 Å². The Morgan fingerprint density at radius 1 is 1.24 bits per heavy atom. The van der Waals surface area contributed by atoms with Gasteiger partial charge in [-0.25, -0.2) is 4.39 Å². The quantitative estimate of drug-likeness (QED) is 0.854. The van der Waals surface area contributed by atoms with E-state index in [1.807, 2.05) is 6.07 Å². The van der Waals surface area contributed by atoms with Crippen molar-refractivity contribution >= 4 is 23.4 Å². The Morgan fingerprint density at radius 2 is 2.05 bits per heavy atom. The Morgan fingerprint density at radius 3 is 2.81 bits per heavy atom. The van der Waals surface area contributed by atoms with Gasteiger partial charge in [-0.1, -0.05) is 18.2 Å². The molecule has 5 heteroatoms. The normalized spacial score (nSPS) is 9.90. The first-order chi connectivity index (χ1) is 10.2. The van der Waals surface area contributed by atoms with E-state index in [4.69, 9.17) is 5.26 Å². The monoisotopic (exact) mass is 300 g/mol. The number of thioether (sulfide) groups is 1. The molecule has 21 heavy (non-hydrogen) atoms. The molecule has 2 rings (SSSR count). The molecule has 0 aliphatic rings. The van der Waals surface area contributed by atoms with E-state index >= 15 is 0 Å². The number of benzene rings is 2. The number of halogens is 1. The fraction of sp³-hybridized carbons (Fsp3) is 0.125. The van der Waals surface area contributed by atoms with E-state index in [1.165, 1.54) is 23.9 Å². The van der Waals surface area contributed by atoms with Gasteiger partial charge in [-0.15, -0.1) is 11.8 Å². The average molecular weight is 300 g/mol. The van der Waals surface area contributed by atoms with E-state index in [-0.39, 0.29) is 11.7 Å². The van der Waals surface area contributed by atoms with Crippen LogP contribution in [0.3, 0.4) is 0 Å². The molecular formula is C16H13FN2OS. The number of nitriles is 1. The van der Waals surface area contributed by atoms with Crippen LogP contribution in [0.2, 0.25) is 0 Å². The average Bonchev–Trinajstić information content (AvgIpc) is 2.48. The van der Waals surface area contributed by atoms with Gasteiger partial charge in [-0.2, -0.15) is 5.26 Å². The third-order valence-corrected chi connectivity index (χ3v) is 3.71. The van der Waals surface area contributed by atoms with Gasteiger partial charge >= 0.3 is 0 Å². The molecule has 106 valence electrons. The van der Waals surface area contributed by atoms with Gasteiger partial charge in [0.15, 0.2) is 0 Å². The standard InChI is InChI=1S/C16H13FN2OS/c17-13-5-3-6-14(10-13)21-9-8-16(20)19-15-7-2-1-4-12(15)11-18/h1-7,10H,8-9H2,(H,19,20). The molecule has 1 N–H and O–H groups in total. The number of nitrogens with one attached hydrogen (secondary N) is 1. The number of carbonyl (C=O) groups is 1. The maximum Gasteiger partial charge on any atom is 0.225 e. The molecule has 2 aromatic rings. The lowest BCUT2D eigenvalue weighted by Crippen LogP contribution is -2.13. The van der Waals surface area contributed by atoms with Crippen LogP contribution in [-0.4, -0.2) is 11.7 Å². The van der Waals surface area contributed by atoms with Crippen LogP contribution in [0.4, 0.5) is 10.1 Å². The van der Waals surface area contributed by atoms with E-state index < -0.39 is 0 Å². The second kappa shape index (κ2) is 7.46. The maximum absolute atomic E-state index is 13.0. The van der Waals surface area contributed by atoms with Crippen molar-refractivity contribution in [3.63, 3.8) is 0 Å². The first kappa shape index (κ1) is 15.1. The zero-order chi connectivity index (χ0) is 15.1. The minimum absolute atomic E-state index is 0.165. The topological polar surface area (TPSA) is 52.9 Å². The molecule has 1 amide bonds. The van der Waals surface area contributed by atoms with E-state index in [0.29, 0.717) is 23.4 Å². The third-order valence-electron chi connectivity index (χ3n) is 2.72. The summed E-state index contributed by atoms with van der Waals surface area (Å²) in [7, 11) is 0. The van der Waals surface area contributed by atoms with Gasteiger partial charge in [-0.3, -0.25) is 4.79 Å². The molecule has 0 saturated heterocycles. The van der Waals surface area contributed by atoms with Crippen LogP contribution in [0.25, 0.3) is 0 Å². The van der Waals surface area contributed by atoms with Crippen molar-refractivity contribution in [3.05, 3.63) is 59.9 Å². The summed E-state index contributed by atoms with van der Waals surface area (Å²) in [5.74, 6) is 0.0956. The summed E-state index contributed by atoms with van der Waals surface area (Å²) in [6, 6.07) is 15.1. The number of carbonyl (C=O) groups excluding carboxylic acids is 1.